The minimum atomic E-state index is -1.64. The van der Waals surface area contributed by atoms with Crippen molar-refractivity contribution in [2.24, 2.45) is 51.0 Å². The fourth-order valence-corrected chi connectivity index (χ4v) is 11.5. The number of thioether (sulfide) groups is 1. The Labute approximate surface area is 558 Å². The van der Waals surface area contributed by atoms with Crippen LogP contribution in [0.5, 0.6) is 0 Å². The first kappa shape index (κ1) is 78.5. The van der Waals surface area contributed by atoms with Crippen molar-refractivity contribution in [1.29, 1.82) is 0 Å². The molecule has 13 amide bonds. The summed E-state index contributed by atoms with van der Waals surface area (Å²) in [5, 5.41) is 21.1. The highest BCUT2D eigenvalue weighted by molar-refractivity contribution is 7.98. The van der Waals surface area contributed by atoms with E-state index in [2.05, 4.69) is 47.5 Å². The molecular formula is C63H98N18O13S. The lowest BCUT2D eigenvalue weighted by molar-refractivity contribution is -0.144. The van der Waals surface area contributed by atoms with Crippen molar-refractivity contribution >= 4 is 94.5 Å². The molecule has 524 valence electrons. The SMILES string of the molecule is CSCC[C@H](NC(=O)[C@H](CC(C)C)NC(=O)CNC(=O)[C@H](Cc1ccccc1)NC(=O)[C@@H](Cc1ccccc1)NC(=O)[C@H](CCC(N)=O)NC(=O)[C@@H](CCC(N)=O)NC(=O)[C@H]1CCCN1C(=O)[C@H](CCCCN)NC(=O)[C@@H]1CCCN1C(=O)[C@H](N)CCCN=C(N)N)C(N)=O. The Morgan fingerprint density at radius 2 is 1.01 bits per heavy atom. The second-order valence-electron chi connectivity index (χ2n) is 24.1. The van der Waals surface area contributed by atoms with Crippen LogP contribution in [-0.2, 0) is 75.2 Å². The predicted molar refractivity (Wildman–Crippen MR) is 356 cm³/mol. The second-order valence-corrected chi connectivity index (χ2v) is 25.1. The zero-order valence-electron chi connectivity index (χ0n) is 54.5. The van der Waals surface area contributed by atoms with E-state index in [0.717, 1.165) is 0 Å². The minimum Gasteiger partial charge on any atom is -0.370 e. The molecule has 2 aliphatic rings. The maximum absolute atomic E-state index is 14.7. The molecule has 4 rings (SSSR count). The molecule has 32 heteroatoms. The molecule has 0 bridgehead atoms. The third-order valence-electron chi connectivity index (χ3n) is 16.0. The van der Waals surface area contributed by atoms with Crippen LogP contribution < -0.4 is 82.7 Å². The Hall–Kier alpha value is -8.91. The fraction of sp³-hybridized carbons (Fsp3) is 0.587. The molecule has 31 nitrogen and oxygen atoms in total. The molecule has 95 heavy (non-hydrogen) atoms. The Morgan fingerprint density at radius 3 is 1.51 bits per heavy atom. The van der Waals surface area contributed by atoms with E-state index in [1.807, 2.05) is 20.1 Å². The van der Waals surface area contributed by atoms with Gasteiger partial charge in [0.25, 0.3) is 0 Å². The van der Waals surface area contributed by atoms with Crippen molar-refractivity contribution in [3.63, 3.8) is 0 Å². The van der Waals surface area contributed by atoms with Gasteiger partial charge in [0.05, 0.1) is 12.6 Å². The molecule has 2 aliphatic heterocycles. The molecule has 0 aromatic heterocycles. The Bertz CT molecular complexity index is 2960. The van der Waals surface area contributed by atoms with Gasteiger partial charge in [0.1, 0.15) is 54.4 Å². The minimum absolute atomic E-state index is 0.0736. The fourth-order valence-electron chi connectivity index (χ4n) is 11.0. The predicted octanol–water partition coefficient (Wildman–Crippen LogP) is -3.71. The smallest absolute Gasteiger partial charge is 0.245 e. The van der Waals surface area contributed by atoms with Crippen molar-refractivity contribution < 1.29 is 62.3 Å². The summed E-state index contributed by atoms with van der Waals surface area (Å²) >= 11 is 1.45. The molecule has 10 atom stereocenters. The third-order valence-corrected chi connectivity index (χ3v) is 16.7. The van der Waals surface area contributed by atoms with E-state index >= 15 is 0 Å². The van der Waals surface area contributed by atoms with Gasteiger partial charge in [0.2, 0.25) is 76.8 Å². The molecule has 0 aliphatic carbocycles. The molecule has 2 aromatic rings. The summed E-state index contributed by atoms with van der Waals surface area (Å²) in [5.74, 6) is -9.80. The molecule has 2 saturated heterocycles. The van der Waals surface area contributed by atoms with Gasteiger partial charge in [-0.05, 0) is 119 Å². The number of likely N-dealkylation sites (tertiary alicyclic amines) is 2. The lowest BCUT2D eigenvalue weighted by atomic mass is 10.0. The topological polar surface area (TPSA) is 519 Å². The van der Waals surface area contributed by atoms with Gasteiger partial charge < -0.3 is 92.5 Å². The number of unbranched alkanes of at least 4 members (excludes halogenated alkanes) is 1. The number of hydrogen-bond donors (Lipinski definition) is 15. The van der Waals surface area contributed by atoms with Crippen LogP contribution in [-0.4, -0.2) is 198 Å². The number of hydrogen-bond acceptors (Lipinski definition) is 17. The zero-order chi connectivity index (χ0) is 70.1. The molecule has 2 heterocycles. The largest absolute Gasteiger partial charge is 0.370 e. The molecular weight excluding hydrogens is 1250 g/mol. The van der Waals surface area contributed by atoms with E-state index in [9.17, 15) is 62.3 Å². The molecule has 0 saturated carbocycles. The average molecular weight is 1350 g/mol. The number of rotatable bonds is 42. The summed E-state index contributed by atoms with van der Waals surface area (Å²) in [7, 11) is 0. The summed E-state index contributed by atoms with van der Waals surface area (Å²) in [4.78, 5) is 185. The van der Waals surface area contributed by atoms with Crippen LogP contribution >= 0.6 is 11.8 Å². The van der Waals surface area contributed by atoms with Crippen LogP contribution in [0.25, 0.3) is 0 Å². The number of carbonyl (C=O) groups is 13. The number of amides is 13. The number of carbonyl (C=O) groups excluding carboxylic acids is 13. The summed E-state index contributed by atoms with van der Waals surface area (Å²) in [6, 6.07) is 4.51. The van der Waals surface area contributed by atoms with Crippen LogP contribution in [0.2, 0.25) is 0 Å². The van der Waals surface area contributed by atoms with E-state index in [4.69, 9.17) is 40.1 Å². The molecule has 0 spiro atoms. The van der Waals surface area contributed by atoms with E-state index in [1.54, 1.807) is 60.7 Å². The van der Waals surface area contributed by atoms with Gasteiger partial charge in [-0.25, -0.2) is 0 Å². The van der Waals surface area contributed by atoms with Crippen LogP contribution in [0, 0.1) is 5.92 Å². The van der Waals surface area contributed by atoms with Crippen LogP contribution in [0.4, 0.5) is 0 Å². The van der Waals surface area contributed by atoms with Gasteiger partial charge in [-0.1, -0.05) is 74.5 Å². The van der Waals surface area contributed by atoms with E-state index in [0.29, 0.717) is 55.4 Å². The number of primary amides is 3. The molecule has 2 aromatic carbocycles. The normalized spacial score (nSPS) is 16.8. The maximum atomic E-state index is 14.7. The number of nitrogens with two attached hydrogens (primary N) is 7. The van der Waals surface area contributed by atoms with Gasteiger partial charge in [0, 0.05) is 45.3 Å². The summed E-state index contributed by atoms with van der Waals surface area (Å²) in [6.07, 6.45) is 3.12. The standard InChI is InChI=1S/C63H98N18O13S/c1-37(2)33-45(57(89)74-41(53(68)85)27-32-95-3)73-52(84)36-72-54(86)46(34-38-15-6-4-7-16-38)78-58(90)47(35-39-17-8-5-9-18-39)79-56(88)42(23-25-50(66)82)75-55(87)43(24-26-51(67)83)76-59(91)49-22-14-31-81(49)62(94)44(20-10-11-28-64)77-60(92)48-21-13-30-80(48)61(93)40(65)19-12-29-71-63(69)70/h4-9,15-18,37,40-49H,10-14,19-36,64-65H2,1-3H3,(H2,66,82)(H2,67,83)(H2,68,85)(H,72,86)(H,73,84)(H,74,89)(H,75,87)(H,76,91)(H,77,92)(H,78,90)(H,79,88)(H4,69,70,71)/t40-,41+,42+,43-,44+,45+,46+,47-,48+,49-/m1/s1. The van der Waals surface area contributed by atoms with Crippen LogP contribution in [0.3, 0.4) is 0 Å². The van der Waals surface area contributed by atoms with Crippen LogP contribution in [0.1, 0.15) is 121 Å². The first-order valence-electron chi connectivity index (χ1n) is 32.2. The summed E-state index contributed by atoms with van der Waals surface area (Å²) < 4.78 is 0. The highest BCUT2D eigenvalue weighted by Gasteiger charge is 2.42. The van der Waals surface area contributed by atoms with Crippen molar-refractivity contribution in [1.82, 2.24) is 52.3 Å². The summed E-state index contributed by atoms with van der Waals surface area (Å²) in [5.41, 5.74) is 40.6. The number of nitrogens with one attached hydrogen (secondary N) is 8. The highest BCUT2D eigenvalue weighted by Crippen LogP contribution is 2.24. The Morgan fingerprint density at radius 1 is 0.537 bits per heavy atom. The van der Waals surface area contributed by atoms with E-state index < -0.39 is 169 Å². The van der Waals surface area contributed by atoms with Crippen molar-refractivity contribution in [3.05, 3.63) is 71.8 Å². The first-order chi connectivity index (χ1) is 45.2. The van der Waals surface area contributed by atoms with Crippen molar-refractivity contribution in [2.75, 3.05) is 44.7 Å². The second kappa shape index (κ2) is 41.0. The monoisotopic (exact) mass is 1350 g/mol. The summed E-state index contributed by atoms with van der Waals surface area (Å²) in [6.45, 7) is 3.86. The Kier molecular flexibility index (Phi) is 33.9. The van der Waals surface area contributed by atoms with E-state index in [-0.39, 0.29) is 83.0 Å². The van der Waals surface area contributed by atoms with Crippen molar-refractivity contribution in [3.8, 4) is 0 Å². The number of guanidine groups is 1. The van der Waals surface area contributed by atoms with Crippen molar-refractivity contribution in [2.45, 2.75) is 183 Å². The zero-order valence-corrected chi connectivity index (χ0v) is 55.3. The Balaban J connectivity index is 1.56. The van der Waals surface area contributed by atoms with Crippen LogP contribution in [0.15, 0.2) is 65.7 Å². The molecule has 0 radical (unpaired) electrons. The molecule has 2 fully saturated rings. The van der Waals surface area contributed by atoms with Gasteiger partial charge >= 0.3 is 0 Å². The first-order valence-corrected chi connectivity index (χ1v) is 33.6. The average Bonchev–Trinajstić information content (AvgIpc) is 1.74. The third kappa shape index (κ3) is 27.5. The van der Waals surface area contributed by atoms with Gasteiger partial charge in [-0.15, -0.1) is 0 Å². The van der Waals surface area contributed by atoms with Gasteiger partial charge in [-0.2, -0.15) is 11.8 Å². The number of aliphatic imine (C=N–C) groups is 1. The number of benzene rings is 2. The quantitative estimate of drug-likeness (QED) is 0.0173. The molecule has 22 N–H and O–H groups in total. The van der Waals surface area contributed by atoms with E-state index in [1.165, 1.54) is 21.6 Å². The molecule has 0 unspecified atom stereocenters. The maximum Gasteiger partial charge on any atom is 0.245 e. The lowest BCUT2D eigenvalue weighted by Gasteiger charge is -2.32. The van der Waals surface area contributed by atoms with Gasteiger partial charge in [-0.3, -0.25) is 67.3 Å². The van der Waals surface area contributed by atoms with Gasteiger partial charge in [0.15, 0.2) is 5.96 Å². The number of nitrogens with zero attached hydrogens (tertiary/aromatic N) is 3. The lowest BCUT2D eigenvalue weighted by Crippen LogP contribution is -2.60. The highest BCUT2D eigenvalue weighted by atomic mass is 32.2.